The van der Waals surface area contributed by atoms with Crippen LogP contribution in [0.1, 0.15) is 55.7 Å². The Hall–Kier alpha value is -2.54. The summed E-state index contributed by atoms with van der Waals surface area (Å²) in [6.07, 6.45) is 8.74. The molecule has 0 radical (unpaired) electrons. The molecule has 7 heteroatoms. The Bertz CT molecular complexity index is 891. The molecule has 2 fully saturated rings. The first-order chi connectivity index (χ1) is 15.1. The molecule has 4 rings (SSSR count). The second-order valence-corrected chi connectivity index (χ2v) is 8.59. The fraction of sp³-hybridized carbons (Fsp3) is 0.583. The van der Waals surface area contributed by atoms with Crippen molar-refractivity contribution < 1.29 is 14.3 Å². The Balaban J connectivity index is 1.39. The normalized spacial score (nSPS) is 20.2. The van der Waals surface area contributed by atoms with Crippen LogP contribution < -0.4 is 9.47 Å². The molecule has 2 aromatic rings. The van der Waals surface area contributed by atoms with E-state index >= 15 is 0 Å². The van der Waals surface area contributed by atoms with Crippen LogP contribution >= 0.6 is 0 Å². The molecule has 1 aliphatic heterocycles. The van der Waals surface area contributed by atoms with Crippen LogP contribution in [0.4, 0.5) is 0 Å². The Labute approximate surface area is 184 Å². The van der Waals surface area contributed by atoms with Gasteiger partial charge in [0.2, 0.25) is 0 Å². The van der Waals surface area contributed by atoms with Gasteiger partial charge in [-0.3, -0.25) is 9.69 Å². The first kappa shape index (κ1) is 21.7. The lowest BCUT2D eigenvalue weighted by molar-refractivity contribution is 0.0485. The number of methoxy groups -OCH3 is 1. The summed E-state index contributed by atoms with van der Waals surface area (Å²) in [7, 11) is 1.63. The maximum absolute atomic E-state index is 13.2. The average Bonchev–Trinajstić information content (AvgIpc) is 3.46. The molecule has 1 saturated carbocycles. The zero-order valence-corrected chi connectivity index (χ0v) is 18.9. The molecule has 0 unspecified atom stereocenters. The van der Waals surface area contributed by atoms with Crippen molar-refractivity contribution in [3.05, 3.63) is 42.0 Å². The zero-order valence-electron chi connectivity index (χ0n) is 18.9. The molecule has 1 amide bonds. The van der Waals surface area contributed by atoms with Crippen LogP contribution in [-0.2, 0) is 13.1 Å². The summed E-state index contributed by atoms with van der Waals surface area (Å²) in [5.74, 6) is 2.50. The number of aromatic nitrogens is 2. The summed E-state index contributed by atoms with van der Waals surface area (Å²) >= 11 is 0. The number of nitrogens with zero attached hydrogens (tertiary/aromatic N) is 4. The van der Waals surface area contributed by atoms with Crippen LogP contribution in [0.25, 0.3) is 0 Å². The van der Waals surface area contributed by atoms with Gasteiger partial charge in [-0.1, -0.05) is 0 Å². The highest BCUT2D eigenvalue weighted by Gasteiger charge is 2.29. The minimum Gasteiger partial charge on any atom is -0.493 e. The first-order valence-electron chi connectivity index (χ1n) is 11.5. The topological polar surface area (TPSA) is 59.8 Å². The van der Waals surface area contributed by atoms with E-state index in [0.29, 0.717) is 24.4 Å². The maximum Gasteiger partial charge on any atom is 0.254 e. The second-order valence-electron chi connectivity index (χ2n) is 8.59. The lowest BCUT2D eigenvalue weighted by Gasteiger charge is -2.39. The summed E-state index contributed by atoms with van der Waals surface area (Å²) in [5.41, 5.74) is 0.651. The zero-order chi connectivity index (χ0) is 21.8. The highest BCUT2D eigenvalue weighted by Crippen LogP contribution is 2.33. The predicted molar refractivity (Wildman–Crippen MR) is 120 cm³/mol. The number of ether oxygens (including phenoxy) is 2. The van der Waals surface area contributed by atoms with Gasteiger partial charge >= 0.3 is 0 Å². The minimum absolute atomic E-state index is 0.0484. The SMILES string of the molecule is CCn1ccnc1CN1CCN(C(=O)c2ccc(OC3CCCC3)c(OC)c2)C[C@@H]1C. The summed E-state index contributed by atoms with van der Waals surface area (Å²) in [6.45, 7) is 8.29. The first-order valence-corrected chi connectivity index (χ1v) is 11.5. The van der Waals surface area contributed by atoms with E-state index in [-0.39, 0.29) is 18.1 Å². The molecule has 0 N–H and O–H groups in total. The van der Waals surface area contributed by atoms with Crippen molar-refractivity contribution in [3.8, 4) is 11.5 Å². The Kier molecular flexibility index (Phi) is 6.80. The number of carbonyl (C=O) groups is 1. The number of aryl methyl sites for hydroxylation is 1. The smallest absolute Gasteiger partial charge is 0.254 e. The molecule has 2 aliphatic rings. The van der Waals surface area contributed by atoms with Gasteiger partial charge in [-0.25, -0.2) is 4.98 Å². The number of piperazine rings is 1. The molecule has 0 bridgehead atoms. The Morgan fingerprint density at radius 3 is 2.71 bits per heavy atom. The number of imidazole rings is 1. The molecule has 0 spiro atoms. The van der Waals surface area contributed by atoms with Crippen LogP contribution in [0.2, 0.25) is 0 Å². The quantitative estimate of drug-likeness (QED) is 0.677. The van der Waals surface area contributed by atoms with Crippen molar-refractivity contribution in [1.29, 1.82) is 0 Å². The minimum atomic E-state index is 0.0484. The highest BCUT2D eigenvalue weighted by molar-refractivity contribution is 5.95. The summed E-state index contributed by atoms with van der Waals surface area (Å²) < 4.78 is 13.8. The lowest BCUT2D eigenvalue weighted by Crippen LogP contribution is -2.53. The van der Waals surface area contributed by atoms with E-state index in [1.54, 1.807) is 7.11 Å². The van der Waals surface area contributed by atoms with Crippen molar-refractivity contribution in [2.24, 2.45) is 0 Å². The van der Waals surface area contributed by atoms with Gasteiger partial charge in [-0.05, 0) is 57.7 Å². The molecule has 7 nitrogen and oxygen atoms in total. The maximum atomic E-state index is 13.2. The molecule has 1 aromatic carbocycles. The van der Waals surface area contributed by atoms with Crippen LogP contribution in [0.5, 0.6) is 11.5 Å². The third kappa shape index (κ3) is 4.87. The van der Waals surface area contributed by atoms with Crippen molar-refractivity contribution in [2.75, 3.05) is 26.7 Å². The Morgan fingerprint density at radius 2 is 2.00 bits per heavy atom. The van der Waals surface area contributed by atoms with E-state index in [0.717, 1.165) is 44.0 Å². The van der Waals surface area contributed by atoms with Crippen LogP contribution in [-0.4, -0.2) is 64.1 Å². The fourth-order valence-electron chi connectivity index (χ4n) is 4.64. The number of hydrogen-bond donors (Lipinski definition) is 0. The molecule has 1 atom stereocenters. The van der Waals surface area contributed by atoms with Gasteiger partial charge < -0.3 is 18.9 Å². The lowest BCUT2D eigenvalue weighted by atomic mass is 10.1. The molecule has 1 aromatic heterocycles. The standard InChI is InChI=1S/C24H34N4O3/c1-4-26-12-11-25-23(26)17-27-13-14-28(16-18(27)2)24(29)19-9-10-21(22(15-19)30-3)31-20-7-5-6-8-20/h9-12,15,18,20H,4-8,13-14,16-17H2,1-3H3/t18-/m0/s1. The van der Waals surface area contributed by atoms with Crippen molar-refractivity contribution in [2.45, 2.75) is 64.8 Å². The van der Waals surface area contributed by atoms with E-state index < -0.39 is 0 Å². The molecule has 1 saturated heterocycles. The van der Waals surface area contributed by atoms with Crippen LogP contribution in [0.3, 0.4) is 0 Å². The van der Waals surface area contributed by atoms with Gasteiger partial charge in [0.05, 0.1) is 19.8 Å². The number of rotatable bonds is 7. The molecule has 1 aliphatic carbocycles. The second kappa shape index (κ2) is 9.73. The van der Waals surface area contributed by atoms with Gasteiger partial charge in [0.1, 0.15) is 5.82 Å². The van der Waals surface area contributed by atoms with Crippen molar-refractivity contribution in [3.63, 3.8) is 0 Å². The number of carbonyl (C=O) groups excluding carboxylic acids is 1. The van der Waals surface area contributed by atoms with Gasteiger partial charge in [-0.15, -0.1) is 0 Å². The van der Waals surface area contributed by atoms with E-state index in [1.807, 2.05) is 35.5 Å². The monoisotopic (exact) mass is 426 g/mol. The van der Waals surface area contributed by atoms with Gasteiger partial charge in [0, 0.05) is 50.2 Å². The fourth-order valence-corrected chi connectivity index (χ4v) is 4.64. The van der Waals surface area contributed by atoms with Crippen LogP contribution in [0, 0.1) is 0 Å². The van der Waals surface area contributed by atoms with Gasteiger partial charge in [-0.2, -0.15) is 0 Å². The largest absolute Gasteiger partial charge is 0.493 e. The summed E-state index contributed by atoms with van der Waals surface area (Å²) in [5, 5.41) is 0. The van der Waals surface area contributed by atoms with Gasteiger partial charge in [0.15, 0.2) is 11.5 Å². The molecule has 2 heterocycles. The molecular weight excluding hydrogens is 392 g/mol. The van der Waals surface area contributed by atoms with Crippen molar-refractivity contribution >= 4 is 5.91 Å². The van der Waals surface area contributed by atoms with Gasteiger partial charge in [0.25, 0.3) is 5.91 Å². The van der Waals surface area contributed by atoms with E-state index in [2.05, 4.69) is 28.3 Å². The third-order valence-electron chi connectivity index (χ3n) is 6.55. The number of benzene rings is 1. The van der Waals surface area contributed by atoms with E-state index in [9.17, 15) is 4.79 Å². The summed E-state index contributed by atoms with van der Waals surface area (Å²) in [4.78, 5) is 22.0. The number of amides is 1. The molecule has 168 valence electrons. The van der Waals surface area contributed by atoms with E-state index in [4.69, 9.17) is 9.47 Å². The average molecular weight is 427 g/mol. The third-order valence-corrected chi connectivity index (χ3v) is 6.55. The number of hydrogen-bond acceptors (Lipinski definition) is 5. The molecule has 31 heavy (non-hydrogen) atoms. The summed E-state index contributed by atoms with van der Waals surface area (Å²) in [6, 6.07) is 5.84. The Morgan fingerprint density at radius 1 is 1.19 bits per heavy atom. The highest BCUT2D eigenvalue weighted by atomic mass is 16.5. The van der Waals surface area contributed by atoms with E-state index in [1.165, 1.54) is 12.8 Å². The van der Waals surface area contributed by atoms with Crippen LogP contribution in [0.15, 0.2) is 30.6 Å². The predicted octanol–water partition coefficient (Wildman–Crippen LogP) is 3.58. The van der Waals surface area contributed by atoms with Crippen molar-refractivity contribution in [1.82, 2.24) is 19.4 Å². The molecular formula is C24H34N4O3.